The lowest BCUT2D eigenvalue weighted by Crippen LogP contribution is -2.12. The highest BCUT2D eigenvalue weighted by Crippen LogP contribution is 2.32. The average Bonchev–Trinajstić information content (AvgIpc) is 2.16. The molecule has 0 aliphatic carbocycles. The summed E-state index contributed by atoms with van der Waals surface area (Å²) >= 11 is 2.20. The molecule has 1 heterocycles. The molecule has 0 bridgehead atoms. The Morgan fingerprint density at radius 2 is 1.93 bits per heavy atom. The molecule has 15 heavy (non-hydrogen) atoms. The van der Waals surface area contributed by atoms with Crippen LogP contribution in [-0.2, 0) is 4.83 Å². The highest BCUT2D eigenvalue weighted by Gasteiger charge is 2.28. The Balaban J connectivity index is 2.79. The lowest BCUT2D eigenvalue weighted by molar-refractivity contribution is 0.109. The predicted molar refractivity (Wildman–Crippen MR) is 57.4 cm³/mol. The van der Waals surface area contributed by atoms with Crippen LogP contribution in [0, 0.1) is 0 Å². The second-order valence-electron chi connectivity index (χ2n) is 3.09. The fraction of sp³-hybridized carbons (Fsp3) is 0.100. The molecule has 2 nitrogen and oxygen atoms in total. The zero-order valence-electron chi connectivity index (χ0n) is 7.43. The molecule has 0 radical (unpaired) electrons. The minimum absolute atomic E-state index is 0.401. The van der Waals surface area contributed by atoms with E-state index in [9.17, 15) is 13.6 Å². The SMILES string of the molecule is O=c1cc(C(F)(F)Br)[nH]c2ccccc12. The summed E-state index contributed by atoms with van der Waals surface area (Å²) in [6.07, 6.45) is 0. The van der Waals surface area contributed by atoms with Gasteiger partial charge in [0.15, 0.2) is 5.43 Å². The number of fused-ring (bicyclic) bond motifs is 1. The number of aromatic amines is 1. The Morgan fingerprint density at radius 3 is 2.60 bits per heavy atom. The molecule has 0 saturated heterocycles. The van der Waals surface area contributed by atoms with Crippen molar-refractivity contribution in [2.75, 3.05) is 0 Å². The summed E-state index contributed by atoms with van der Waals surface area (Å²) in [5.74, 6) is 0. The van der Waals surface area contributed by atoms with Gasteiger partial charge in [0.05, 0.1) is 0 Å². The van der Waals surface area contributed by atoms with E-state index in [1.807, 2.05) is 0 Å². The summed E-state index contributed by atoms with van der Waals surface area (Å²) in [6.45, 7) is 0. The van der Waals surface area contributed by atoms with Crippen LogP contribution in [0.1, 0.15) is 5.69 Å². The van der Waals surface area contributed by atoms with Crippen LogP contribution in [0.2, 0.25) is 0 Å². The standard InChI is InChI=1S/C10H6BrF2NO/c11-10(12,13)9-5-8(15)6-3-1-2-4-7(6)14-9/h1-5H,(H,14,15). The predicted octanol–water partition coefficient (Wildman–Crippen LogP) is 2.97. The Bertz CT molecular complexity index is 559. The molecule has 0 unspecified atom stereocenters. The molecular weight excluding hydrogens is 268 g/mol. The van der Waals surface area contributed by atoms with Crippen molar-refractivity contribution in [2.45, 2.75) is 4.83 Å². The van der Waals surface area contributed by atoms with Gasteiger partial charge in [-0.05, 0) is 28.1 Å². The quantitative estimate of drug-likeness (QED) is 0.797. The third kappa shape index (κ3) is 1.92. The summed E-state index contributed by atoms with van der Waals surface area (Å²) in [5, 5.41) is 0.401. The van der Waals surface area contributed by atoms with E-state index < -0.39 is 16.0 Å². The van der Waals surface area contributed by atoms with Gasteiger partial charge in [-0.2, -0.15) is 8.78 Å². The minimum Gasteiger partial charge on any atom is -0.352 e. The summed E-state index contributed by atoms with van der Waals surface area (Å²) < 4.78 is 25.8. The first-order chi connectivity index (χ1) is 6.98. The fourth-order valence-corrected chi connectivity index (χ4v) is 1.56. The largest absolute Gasteiger partial charge is 0.352 e. The summed E-state index contributed by atoms with van der Waals surface area (Å²) in [7, 11) is 0. The lowest BCUT2D eigenvalue weighted by Gasteiger charge is -2.09. The highest BCUT2D eigenvalue weighted by molar-refractivity contribution is 9.09. The van der Waals surface area contributed by atoms with E-state index in [4.69, 9.17) is 0 Å². The molecule has 0 fully saturated rings. The van der Waals surface area contributed by atoms with Gasteiger partial charge >= 0.3 is 4.83 Å². The van der Waals surface area contributed by atoms with Gasteiger partial charge in [-0.25, -0.2) is 0 Å². The van der Waals surface area contributed by atoms with Crippen LogP contribution in [-0.4, -0.2) is 4.98 Å². The molecule has 1 aromatic carbocycles. The summed E-state index contributed by atoms with van der Waals surface area (Å²) in [5.41, 5.74) is -0.455. The molecule has 78 valence electrons. The fourth-order valence-electron chi connectivity index (χ4n) is 1.35. The molecule has 0 spiro atoms. The molecule has 0 aliphatic rings. The number of benzene rings is 1. The molecule has 0 atom stereocenters. The maximum atomic E-state index is 12.9. The maximum absolute atomic E-state index is 12.9. The zero-order chi connectivity index (χ0) is 11.1. The van der Waals surface area contributed by atoms with E-state index in [-0.39, 0.29) is 0 Å². The topological polar surface area (TPSA) is 32.9 Å². The molecule has 0 saturated carbocycles. The number of para-hydroxylation sites is 1. The van der Waals surface area contributed by atoms with Gasteiger partial charge < -0.3 is 4.98 Å². The van der Waals surface area contributed by atoms with Crippen LogP contribution in [0.4, 0.5) is 8.78 Å². The lowest BCUT2D eigenvalue weighted by atomic mass is 10.2. The van der Waals surface area contributed by atoms with Crippen LogP contribution in [0.3, 0.4) is 0 Å². The Kier molecular flexibility index (Phi) is 2.34. The van der Waals surface area contributed by atoms with Gasteiger partial charge in [0.25, 0.3) is 0 Å². The van der Waals surface area contributed by atoms with E-state index in [1.54, 1.807) is 24.3 Å². The second kappa shape index (κ2) is 3.41. The van der Waals surface area contributed by atoms with Crippen LogP contribution in [0.15, 0.2) is 35.1 Å². The normalized spacial score (nSPS) is 11.9. The number of rotatable bonds is 1. The third-order valence-corrected chi connectivity index (χ3v) is 2.47. The Hall–Kier alpha value is -1.23. The van der Waals surface area contributed by atoms with E-state index in [2.05, 4.69) is 20.9 Å². The van der Waals surface area contributed by atoms with E-state index >= 15 is 0 Å². The van der Waals surface area contributed by atoms with Gasteiger partial charge in [-0.1, -0.05) is 12.1 Å². The number of alkyl halides is 3. The number of pyridine rings is 1. The van der Waals surface area contributed by atoms with Crippen LogP contribution >= 0.6 is 15.9 Å². The number of nitrogens with one attached hydrogen (secondary N) is 1. The first-order valence-electron chi connectivity index (χ1n) is 4.18. The Labute approximate surface area is 92.1 Å². The number of hydrogen-bond donors (Lipinski definition) is 1. The average molecular weight is 274 g/mol. The highest BCUT2D eigenvalue weighted by atomic mass is 79.9. The minimum atomic E-state index is -3.21. The van der Waals surface area contributed by atoms with E-state index in [0.29, 0.717) is 10.9 Å². The van der Waals surface area contributed by atoms with E-state index in [0.717, 1.165) is 6.07 Å². The second-order valence-corrected chi connectivity index (χ2v) is 4.09. The van der Waals surface area contributed by atoms with Crippen molar-refractivity contribution in [2.24, 2.45) is 0 Å². The van der Waals surface area contributed by atoms with Crippen molar-refractivity contribution < 1.29 is 8.78 Å². The Morgan fingerprint density at radius 1 is 1.27 bits per heavy atom. The molecule has 1 N–H and O–H groups in total. The van der Waals surface area contributed by atoms with Gasteiger partial charge in [0.1, 0.15) is 5.69 Å². The maximum Gasteiger partial charge on any atom is 0.341 e. The first kappa shape index (κ1) is 10.3. The van der Waals surface area contributed by atoms with Gasteiger partial charge in [-0.3, -0.25) is 4.79 Å². The zero-order valence-corrected chi connectivity index (χ0v) is 9.01. The molecule has 2 aromatic rings. The van der Waals surface area contributed by atoms with Crippen molar-refractivity contribution >= 4 is 26.8 Å². The van der Waals surface area contributed by atoms with Crippen molar-refractivity contribution in [3.63, 3.8) is 0 Å². The molecule has 0 aliphatic heterocycles. The third-order valence-electron chi connectivity index (χ3n) is 2.04. The van der Waals surface area contributed by atoms with Gasteiger partial charge in [0, 0.05) is 17.0 Å². The summed E-state index contributed by atoms with van der Waals surface area (Å²) in [6, 6.07) is 7.43. The number of H-pyrrole nitrogens is 1. The molecule has 5 heteroatoms. The van der Waals surface area contributed by atoms with Crippen LogP contribution < -0.4 is 5.43 Å². The van der Waals surface area contributed by atoms with Crippen molar-refractivity contribution in [3.05, 3.63) is 46.2 Å². The number of aromatic nitrogens is 1. The van der Waals surface area contributed by atoms with Crippen LogP contribution in [0.5, 0.6) is 0 Å². The molecule has 1 aromatic heterocycles. The molecular formula is C10H6BrF2NO. The number of hydrogen-bond acceptors (Lipinski definition) is 1. The number of halogens is 3. The van der Waals surface area contributed by atoms with Crippen LogP contribution in [0.25, 0.3) is 10.9 Å². The smallest absolute Gasteiger partial charge is 0.341 e. The van der Waals surface area contributed by atoms with Gasteiger partial charge in [-0.15, -0.1) is 0 Å². The monoisotopic (exact) mass is 273 g/mol. The van der Waals surface area contributed by atoms with Crippen molar-refractivity contribution in [3.8, 4) is 0 Å². The first-order valence-corrected chi connectivity index (χ1v) is 4.97. The summed E-state index contributed by atoms with van der Waals surface area (Å²) in [4.78, 5) is 10.8. The van der Waals surface area contributed by atoms with Gasteiger partial charge in [0.2, 0.25) is 0 Å². The molecule has 2 rings (SSSR count). The van der Waals surface area contributed by atoms with Crippen molar-refractivity contribution in [1.82, 2.24) is 4.98 Å². The molecule has 0 amide bonds. The van der Waals surface area contributed by atoms with E-state index in [1.165, 1.54) is 0 Å². The van der Waals surface area contributed by atoms with Crippen molar-refractivity contribution in [1.29, 1.82) is 0 Å².